The van der Waals surface area contributed by atoms with E-state index in [0.29, 0.717) is 24.0 Å². The molecule has 0 radical (unpaired) electrons. The fourth-order valence-electron chi connectivity index (χ4n) is 5.06. The maximum atomic E-state index is 15.1. The lowest BCUT2D eigenvalue weighted by Crippen LogP contribution is -2.50. The number of benzene rings is 2. The van der Waals surface area contributed by atoms with Gasteiger partial charge in [-0.2, -0.15) is 18.2 Å². The Hall–Kier alpha value is -4.13. The van der Waals surface area contributed by atoms with Crippen LogP contribution in [0.15, 0.2) is 59.1 Å². The number of likely N-dealkylation sites (tertiary alicyclic amines) is 1. The number of nitrogens with zero attached hydrogens (tertiary/aromatic N) is 4. The van der Waals surface area contributed by atoms with Crippen LogP contribution in [-0.4, -0.2) is 63.2 Å². The Balaban J connectivity index is 1.34. The minimum atomic E-state index is -4.53. The van der Waals surface area contributed by atoms with Crippen molar-refractivity contribution in [3.05, 3.63) is 66.1 Å². The van der Waals surface area contributed by atoms with Crippen LogP contribution in [0.5, 0.6) is 0 Å². The molecule has 1 fully saturated rings. The molecule has 1 aliphatic rings. The molecule has 9 nitrogen and oxygen atoms in total. The highest BCUT2D eigenvalue weighted by atomic mass is 19.4. The minimum Gasteiger partial charge on any atom is -0.445 e. The summed E-state index contributed by atoms with van der Waals surface area (Å²) in [5.74, 6) is -0.0922. The van der Waals surface area contributed by atoms with Gasteiger partial charge in [0, 0.05) is 30.2 Å². The molecule has 1 amide bonds. The van der Waals surface area contributed by atoms with E-state index in [-0.39, 0.29) is 48.7 Å². The van der Waals surface area contributed by atoms with Crippen molar-refractivity contribution in [2.45, 2.75) is 64.4 Å². The van der Waals surface area contributed by atoms with Crippen molar-refractivity contribution in [1.29, 1.82) is 0 Å². The Morgan fingerprint density at radius 1 is 1.17 bits per heavy atom. The zero-order valence-electron chi connectivity index (χ0n) is 23.2. The number of rotatable bonds is 9. The molecule has 224 valence electrons. The van der Waals surface area contributed by atoms with Crippen LogP contribution in [0.25, 0.3) is 22.4 Å². The van der Waals surface area contributed by atoms with Gasteiger partial charge in [-0.15, -0.1) is 0 Å². The molecule has 42 heavy (non-hydrogen) atoms. The zero-order valence-corrected chi connectivity index (χ0v) is 23.2. The molecule has 1 aliphatic heterocycles. The van der Waals surface area contributed by atoms with Gasteiger partial charge in [-0.3, -0.25) is 4.90 Å². The second-order valence-electron chi connectivity index (χ2n) is 10.5. The molecular formula is C29H32F4N6O3. The molecule has 5 rings (SSSR count). The minimum absolute atomic E-state index is 0.0130. The number of hydrogen-bond acceptors (Lipinski definition) is 7. The number of hydrogen-bond donors (Lipinski definition) is 2. The van der Waals surface area contributed by atoms with E-state index in [9.17, 15) is 18.0 Å². The van der Waals surface area contributed by atoms with Gasteiger partial charge >= 0.3 is 12.3 Å². The van der Waals surface area contributed by atoms with E-state index < -0.39 is 31.0 Å². The van der Waals surface area contributed by atoms with Gasteiger partial charge in [0.25, 0.3) is 0 Å². The average Bonchev–Trinajstić information content (AvgIpc) is 3.57. The maximum absolute atomic E-state index is 15.1. The van der Waals surface area contributed by atoms with E-state index in [1.807, 2.05) is 44.2 Å². The van der Waals surface area contributed by atoms with Crippen molar-refractivity contribution >= 4 is 22.7 Å². The first-order valence-electron chi connectivity index (χ1n) is 13.7. The smallest absolute Gasteiger partial charge is 0.407 e. The topological polar surface area (TPSA) is 97.5 Å². The lowest BCUT2D eigenvalue weighted by molar-refractivity contribution is -0.139. The number of amides is 1. The first kappa shape index (κ1) is 29.4. The van der Waals surface area contributed by atoms with Crippen molar-refractivity contribution in [2.24, 2.45) is 0 Å². The van der Waals surface area contributed by atoms with Gasteiger partial charge in [0.1, 0.15) is 25.9 Å². The Bertz CT molecular complexity index is 1500. The van der Waals surface area contributed by atoms with Crippen LogP contribution in [0.2, 0.25) is 0 Å². The van der Waals surface area contributed by atoms with Crippen molar-refractivity contribution in [2.75, 3.05) is 18.4 Å². The van der Waals surface area contributed by atoms with Crippen LogP contribution < -0.4 is 10.6 Å². The number of alkyl halides is 4. The highest BCUT2D eigenvalue weighted by Gasteiger charge is 2.33. The Morgan fingerprint density at radius 2 is 1.95 bits per heavy atom. The van der Waals surface area contributed by atoms with Crippen LogP contribution in [-0.2, 0) is 24.4 Å². The summed E-state index contributed by atoms with van der Waals surface area (Å²) in [7, 11) is 0. The monoisotopic (exact) mass is 588 g/mol. The molecule has 0 aliphatic carbocycles. The lowest BCUT2D eigenvalue weighted by atomic mass is 10.0. The van der Waals surface area contributed by atoms with Crippen LogP contribution in [0.4, 0.5) is 28.0 Å². The van der Waals surface area contributed by atoms with Crippen LogP contribution in [0.3, 0.4) is 0 Å². The summed E-state index contributed by atoms with van der Waals surface area (Å²) in [5, 5.41) is 10.1. The number of nitrogens with one attached hydrogen (secondary N) is 2. The van der Waals surface area contributed by atoms with E-state index in [0.717, 1.165) is 10.1 Å². The van der Waals surface area contributed by atoms with Gasteiger partial charge in [0.15, 0.2) is 0 Å². The predicted molar refractivity (Wildman–Crippen MR) is 148 cm³/mol. The zero-order chi connectivity index (χ0) is 29.9. The molecule has 1 saturated heterocycles. The Kier molecular flexibility index (Phi) is 8.66. The fourth-order valence-corrected chi connectivity index (χ4v) is 5.06. The van der Waals surface area contributed by atoms with Crippen molar-refractivity contribution in [3.63, 3.8) is 0 Å². The van der Waals surface area contributed by atoms with E-state index in [1.165, 1.54) is 6.07 Å². The molecule has 4 aromatic rings. The summed E-state index contributed by atoms with van der Waals surface area (Å²) in [4.78, 5) is 18.4. The number of ether oxygens (including phenoxy) is 1. The Labute approximate surface area is 239 Å². The van der Waals surface area contributed by atoms with Gasteiger partial charge in [0.2, 0.25) is 11.7 Å². The molecule has 0 unspecified atom stereocenters. The molecule has 0 bridgehead atoms. The molecule has 2 aromatic carbocycles. The summed E-state index contributed by atoms with van der Waals surface area (Å²) >= 11 is 0. The molecule has 2 N–H and O–H groups in total. The van der Waals surface area contributed by atoms with Gasteiger partial charge in [0.05, 0.1) is 17.3 Å². The Morgan fingerprint density at radius 3 is 2.67 bits per heavy atom. The first-order chi connectivity index (χ1) is 20.1. The highest BCUT2D eigenvalue weighted by molar-refractivity contribution is 5.96. The highest BCUT2D eigenvalue weighted by Crippen LogP contribution is 2.35. The molecule has 0 saturated carbocycles. The molecular weight excluding hydrogens is 556 g/mol. The number of alkyl carbamates (subject to hydrolysis) is 1. The van der Waals surface area contributed by atoms with Gasteiger partial charge in [-0.05, 0) is 44.0 Å². The number of halogens is 4. The third-order valence-corrected chi connectivity index (χ3v) is 7.22. The first-order valence-corrected chi connectivity index (χ1v) is 13.7. The number of carbonyl (C=O) groups is 1. The summed E-state index contributed by atoms with van der Waals surface area (Å²) in [6, 6.07) is 15.3. The predicted octanol–water partition coefficient (Wildman–Crippen LogP) is 5.91. The molecule has 2 aromatic heterocycles. The fraction of sp³-hybridized carbons (Fsp3) is 0.414. The number of carbonyl (C=O) groups excluding carboxylic acids is 1. The lowest BCUT2D eigenvalue weighted by Gasteiger charge is -2.37. The number of anilines is 1. The van der Waals surface area contributed by atoms with Gasteiger partial charge in [-0.1, -0.05) is 41.6 Å². The normalized spacial score (nSPS) is 18.0. The van der Waals surface area contributed by atoms with E-state index in [2.05, 4.69) is 25.7 Å². The van der Waals surface area contributed by atoms with E-state index in [1.54, 1.807) is 18.2 Å². The van der Waals surface area contributed by atoms with Crippen LogP contribution in [0, 0.1) is 0 Å². The number of fused-ring (bicyclic) bond motifs is 1. The van der Waals surface area contributed by atoms with Gasteiger partial charge < -0.3 is 24.5 Å². The van der Waals surface area contributed by atoms with Crippen LogP contribution >= 0.6 is 0 Å². The third kappa shape index (κ3) is 7.01. The summed E-state index contributed by atoms with van der Waals surface area (Å²) in [6.45, 7) is 3.63. The number of aromatic nitrogens is 3. The molecule has 0 spiro atoms. The number of piperidine rings is 1. The van der Waals surface area contributed by atoms with E-state index in [4.69, 9.17) is 9.26 Å². The van der Waals surface area contributed by atoms with E-state index >= 15 is 4.39 Å². The standard InChI is InChI=1S/C29H32F4N6O3/c1-18(2)38-12-11-23(21(30)15-38)35-22-9-6-10-24-20(22)13-25(39(24)17-29(31,32)33)27-36-26(42-37-27)14-34-28(40)41-16-19-7-4-3-5-8-19/h3-10,13,18,21,23,35H,11-12,14-17H2,1-2H3,(H,34,40)/t21-,23+/m0/s1. The summed E-state index contributed by atoms with van der Waals surface area (Å²) in [6.07, 6.45) is -5.83. The molecule has 3 heterocycles. The largest absolute Gasteiger partial charge is 0.445 e. The average molecular weight is 589 g/mol. The molecule has 13 heteroatoms. The second kappa shape index (κ2) is 12.4. The summed E-state index contributed by atoms with van der Waals surface area (Å²) in [5.41, 5.74) is 1.69. The SMILES string of the molecule is CC(C)N1CC[C@@H](Nc2cccc3c2cc(-c2noc(CNC(=O)OCc4ccccc4)n2)n3CC(F)(F)F)[C@@H](F)C1. The van der Waals surface area contributed by atoms with Crippen LogP contribution in [0.1, 0.15) is 31.7 Å². The van der Waals surface area contributed by atoms with Crippen molar-refractivity contribution < 1.29 is 31.6 Å². The quantitative estimate of drug-likeness (QED) is 0.235. The van der Waals surface area contributed by atoms with Crippen molar-refractivity contribution in [3.8, 4) is 11.5 Å². The van der Waals surface area contributed by atoms with Gasteiger partial charge in [-0.25, -0.2) is 9.18 Å². The van der Waals surface area contributed by atoms with Crippen molar-refractivity contribution in [1.82, 2.24) is 24.9 Å². The second-order valence-corrected chi connectivity index (χ2v) is 10.5. The maximum Gasteiger partial charge on any atom is 0.407 e. The molecule has 2 atom stereocenters. The third-order valence-electron chi connectivity index (χ3n) is 7.22. The summed E-state index contributed by atoms with van der Waals surface area (Å²) < 4.78 is 67.5.